The standard InChI is InChI=1S/C44H28N4/c1-4-12-29(13-5-1)34-18-10-19-35(28-34)37-26-24-32-22-23-33-25-27-38(46-42(33)41(32)45-37)36-20-11-21-39-44(36)48-43(31-16-8-3-9-17-31)40(47-39)30-14-6-2-7-15-30/h1-28H. The number of para-hydroxylation sites is 1. The zero-order valence-corrected chi connectivity index (χ0v) is 26.0. The summed E-state index contributed by atoms with van der Waals surface area (Å²) in [6, 6.07) is 58.4. The third-order valence-electron chi connectivity index (χ3n) is 8.85. The smallest absolute Gasteiger partial charge is 0.0988 e. The van der Waals surface area contributed by atoms with Crippen molar-refractivity contribution in [1.82, 2.24) is 19.9 Å². The lowest BCUT2D eigenvalue weighted by Crippen LogP contribution is -1.98. The summed E-state index contributed by atoms with van der Waals surface area (Å²) in [5, 5.41) is 2.09. The highest BCUT2D eigenvalue weighted by Crippen LogP contribution is 2.35. The van der Waals surface area contributed by atoms with Crippen LogP contribution in [0.2, 0.25) is 0 Å². The SMILES string of the molecule is c1ccc(-c2cccc(-c3ccc4ccc5ccc(-c6cccc7nc(-c8ccccc8)c(-c8ccccc8)nc67)nc5c4n3)c2)cc1. The van der Waals surface area contributed by atoms with Gasteiger partial charge in [-0.25, -0.2) is 19.9 Å². The van der Waals surface area contributed by atoms with Gasteiger partial charge in [0.25, 0.3) is 0 Å². The fourth-order valence-electron chi connectivity index (χ4n) is 6.45. The van der Waals surface area contributed by atoms with E-state index in [1.807, 2.05) is 54.6 Å². The second-order valence-corrected chi connectivity index (χ2v) is 11.9. The molecule has 9 rings (SSSR count). The van der Waals surface area contributed by atoms with Crippen molar-refractivity contribution in [2.75, 3.05) is 0 Å². The van der Waals surface area contributed by atoms with Gasteiger partial charge in [-0.15, -0.1) is 0 Å². The molecule has 0 aliphatic heterocycles. The fraction of sp³-hybridized carbons (Fsp3) is 0. The van der Waals surface area contributed by atoms with E-state index in [1.54, 1.807) is 0 Å². The van der Waals surface area contributed by atoms with E-state index in [1.165, 1.54) is 5.56 Å². The Hall–Kier alpha value is -6.52. The number of hydrogen-bond acceptors (Lipinski definition) is 4. The summed E-state index contributed by atoms with van der Waals surface area (Å²) < 4.78 is 0. The summed E-state index contributed by atoms with van der Waals surface area (Å²) in [4.78, 5) is 21.0. The highest BCUT2D eigenvalue weighted by molar-refractivity contribution is 6.05. The number of aromatic nitrogens is 4. The second kappa shape index (κ2) is 11.7. The molecule has 0 aliphatic carbocycles. The van der Waals surface area contributed by atoms with Crippen LogP contribution in [0.15, 0.2) is 170 Å². The molecule has 4 heteroatoms. The van der Waals surface area contributed by atoms with Gasteiger partial charge in [0.1, 0.15) is 0 Å². The van der Waals surface area contributed by atoms with Crippen LogP contribution in [0.3, 0.4) is 0 Å². The molecule has 0 saturated carbocycles. The third-order valence-corrected chi connectivity index (χ3v) is 8.85. The maximum absolute atomic E-state index is 5.31. The first-order chi connectivity index (χ1) is 23.8. The van der Waals surface area contributed by atoms with Crippen LogP contribution in [-0.2, 0) is 0 Å². The lowest BCUT2D eigenvalue weighted by atomic mass is 10.0. The van der Waals surface area contributed by atoms with Crippen LogP contribution in [0, 0.1) is 0 Å². The highest BCUT2D eigenvalue weighted by atomic mass is 14.8. The molecule has 0 saturated heterocycles. The van der Waals surface area contributed by atoms with Gasteiger partial charge >= 0.3 is 0 Å². The molecule has 4 nitrogen and oxygen atoms in total. The average Bonchev–Trinajstić information content (AvgIpc) is 3.18. The molecule has 0 fully saturated rings. The van der Waals surface area contributed by atoms with Crippen molar-refractivity contribution >= 4 is 32.8 Å². The van der Waals surface area contributed by atoms with Crippen LogP contribution < -0.4 is 0 Å². The number of fused-ring (bicyclic) bond motifs is 4. The minimum Gasteiger partial charge on any atom is -0.245 e. The molecular weight excluding hydrogens is 585 g/mol. The van der Waals surface area contributed by atoms with Gasteiger partial charge < -0.3 is 0 Å². The van der Waals surface area contributed by atoms with Crippen molar-refractivity contribution < 1.29 is 0 Å². The second-order valence-electron chi connectivity index (χ2n) is 11.9. The highest BCUT2D eigenvalue weighted by Gasteiger charge is 2.17. The maximum atomic E-state index is 5.31. The van der Waals surface area contributed by atoms with E-state index in [2.05, 4.69) is 115 Å². The number of pyridine rings is 2. The summed E-state index contributed by atoms with van der Waals surface area (Å²) in [6.07, 6.45) is 0. The molecule has 0 N–H and O–H groups in total. The molecule has 0 atom stereocenters. The summed E-state index contributed by atoms with van der Waals surface area (Å²) in [7, 11) is 0. The van der Waals surface area contributed by atoms with Crippen LogP contribution in [0.1, 0.15) is 0 Å². The van der Waals surface area contributed by atoms with Gasteiger partial charge in [-0.05, 0) is 35.4 Å². The molecule has 6 aromatic carbocycles. The van der Waals surface area contributed by atoms with Crippen molar-refractivity contribution in [2.24, 2.45) is 0 Å². The van der Waals surface area contributed by atoms with Crippen molar-refractivity contribution in [3.8, 4) is 56.2 Å². The van der Waals surface area contributed by atoms with E-state index >= 15 is 0 Å². The first kappa shape index (κ1) is 27.8. The minimum atomic E-state index is 0.814. The molecule has 48 heavy (non-hydrogen) atoms. The third kappa shape index (κ3) is 4.97. The summed E-state index contributed by atoms with van der Waals surface area (Å²) in [6.45, 7) is 0. The quantitative estimate of drug-likeness (QED) is 0.181. The van der Waals surface area contributed by atoms with E-state index in [0.717, 1.165) is 83.4 Å². The molecule has 9 aromatic rings. The van der Waals surface area contributed by atoms with Crippen LogP contribution in [0.25, 0.3) is 89.0 Å². The predicted molar refractivity (Wildman–Crippen MR) is 197 cm³/mol. The molecular formula is C44H28N4. The van der Waals surface area contributed by atoms with E-state index < -0.39 is 0 Å². The molecule has 0 radical (unpaired) electrons. The Kier molecular flexibility index (Phi) is 6.76. The Balaban J connectivity index is 1.21. The van der Waals surface area contributed by atoms with Crippen molar-refractivity contribution in [3.63, 3.8) is 0 Å². The van der Waals surface area contributed by atoms with E-state index in [0.29, 0.717) is 0 Å². The monoisotopic (exact) mass is 612 g/mol. The van der Waals surface area contributed by atoms with Gasteiger partial charge in [-0.3, -0.25) is 0 Å². The van der Waals surface area contributed by atoms with Crippen LogP contribution >= 0.6 is 0 Å². The largest absolute Gasteiger partial charge is 0.245 e. The average molecular weight is 613 g/mol. The molecule has 224 valence electrons. The molecule has 0 aliphatic rings. The lowest BCUT2D eigenvalue weighted by molar-refractivity contribution is 1.29. The number of rotatable bonds is 5. The molecule has 0 amide bonds. The van der Waals surface area contributed by atoms with Crippen molar-refractivity contribution in [1.29, 1.82) is 0 Å². The van der Waals surface area contributed by atoms with Crippen molar-refractivity contribution in [3.05, 3.63) is 170 Å². The van der Waals surface area contributed by atoms with Crippen molar-refractivity contribution in [2.45, 2.75) is 0 Å². The van der Waals surface area contributed by atoms with Gasteiger partial charge in [0.2, 0.25) is 0 Å². The topological polar surface area (TPSA) is 51.6 Å². The molecule has 0 spiro atoms. The van der Waals surface area contributed by atoms with Crippen LogP contribution in [-0.4, -0.2) is 19.9 Å². The molecule has 3 aromatic heterocycles. The van der Waals surface area contributed by atoms with Gasteiger partial charge in [0, 0.05) is 33.0 Å². The first-order valence-corrected chi connectivity index (χ1v) is 16.1. The van der Waals surface area contributed by atoms with Crippen LogP contribution in [0.4, 0.5) is 0 Å². The maximum Gasteiger partial charge on any atom is 0.0988 e. The summed E-state index contributed by atoms with van der Waals surface area (Å²) in [5.74, 6) is 0. The van der Waals surface area contributed by atoms with Gasteiger partial charge in [-0.1, -0.05) is 146 Å². The Bertz CT molecular complexity index is 2600. The zero-order valence-electron chi connectivity index (χ0n) is 26.0. The van der Waals surface area contributed by atoms with E-state index in [4.69, 9.17) is 19.9 Å². The van der Waals surface area contributed by atoms with Crippen LogP contribution in [0.5, 0.6) is 0 Å². The van der Waals surface area contributed by atoms with E-state index in [-0.39, 0.29) is 0 Å². The normalized spacial score (nSPS) is 11.3. The van der Waals surface area contributed by atoms with E-state index in [9.17, 15) is 0 Å². The Morgan fingerprint density at radius 3 is 1.46 bits per heavy atom. The molecule has 0 bridgehead atoms. The molecule has 3 heterocycles. The Morgan fingerprint density at radius 2 is 0.792 bits per heavy atom. The minimum absolute atomic E-state index is 0.814. The number of benzene rings is 6. The van der Waals surface area contributed by atoms with Gasteiger partial charge in [-0.2, -0.15) is 0 Å². The van der Waals surface area contributed by atoms with Gasteiger partial charge in [0.15, 0.2) is 0 Å². The van der Waals surface area contributed by atoms with Gasteiger partial charge in [0.05, 0.1) is 44.8 Å². The summed E-state index contributed by atoms with van der Waals surface area (Å²) in [5.41, 5.74) is 13.2. The Labute approximate surface area is 278 Å². The Morgan fingerprint density at radius 1 is 0.292 bits per heavy atom. The molecule has 0 unspecified atom stereocenters. The predicted octanol–water partition coefficient (Wildman–Crippen LogP) is 11.1. The number of hydrogen-bond donors (Lipinski definition) is 0. The number of nitrogens with zero attached hydrogens (tertiary/aromatic N) is 4. The fourth-order valence-corrected chi connectivity index (χ4v) is 6.45. The zero-order chi connectivity index (χ0) is 31.9. The first-order valence-electron chi connectivity index (χ1n) is 16.1. The summed E-state index contributed by atoms with van der Waals surface area (Å²) >= 11 is 0. The lowest BCUT2D eigenvalue weighted by Gasteiger charge is -2.13.